The molecule has 0 amide bonds. The lowest BCUT2D eigenvalue weighted by Gasteiger charge is -2.32. The van der Waals surface area contributed by atoms with Crippen molar-refractivity contribution in [3.63, 3.8) is 0 Å². The summed E-state index contributed by atoms with van der Waals surface area (Å²) in [6.07, 6.45) is 12.3. The highest BCUT2D eigenvalue weighted by Crippen LogP contribution is 2.43. The highest BCUT2D eigenvalue weighted by atomic mass is 35.5. The van der Waals surface area contributed by atoms with Crippen LogP contribution in [0.3, 0.4) is 0 Å². The molecule has 2 aliphatic rings. The smallest absolute Gasteiger partial charge is 0.166 e. The number of halogens is 2. The summed E-state index contributed by atoms with van der Waals surface area (Å²) in [5.74, 6) is -0.394. The number of aromatic nitrogens is 2. The first kappa shape index (κ1) is 15.4. The highest BCUT2D eigenvalue weighted by Gasteiger charge is 2.46. The molecule has 0 unspecified atom stereocenters. The van der Waals surface area contributed by atoms with Gasteiger partial charge in [-0.15, -0.1) is 0 Å². The van der Waals surface area contributed by atoms with E-state index in [4.69, 9.17) is 16.4 Å². The van der Waals surface area contributed by atoms with Crippen molar-refractivity contribution in [2.75, 3.05) is 0 Å². The van der Waals surface area contributed by atoms with Crippen molar-refractivity contribution in [3.8, 4) is 0 Å². The van der Waals surface area contributed by atoms with Crippen LogP contribution < -0.4 is 0 Å². The van der Waals surface area contributed by atoms with E-state index in [9.17, 15) is 4.39 Å². The molecule has 1 fully saturated rings. The van der Waals surface area contributed by atoms with Crippen molar-refractivity contribution >= 4 is 23.5 Å². The van der Waals surface area contributed by atoms with E-state index in [2.05, 4.69) is 10.1 Å². The minimum atomic E-state index is -0.468. The second kappa shape index (κ2) is 6.06. The molecule has 1 saturated carbocycles. The van der Waals surface area contributed by atoms with Crippen LogP contribution in [0.25, 0.3) is 6.20 Å². The van der Waals surface area contributed by atoms with E-state index < -0.39 is 11.4 Å². The molecule has 24 heavy (non-hydrogen) atoms. The maximum Gasteiger partial charge on any atom is 0.166 e. The predicted molar refractivity (Wildman–Crippen MR) is 91.3 cm³/mol. The van der Waals surface area contributed by atoms with Gasteiger partial charge in [0, 0.05) is 34.8 Å². The largest absolute Gasteiger partial charge is 0.384 e. The van der Waals surface area contributed by atoms with Gasteiger partial charge in [-0.05, 0) is 43.9 Å². The molecule has 1 aromatic carbocycles. The van der Waals surface area contributed by atoms with Crippen LogP contribution in [0.1, 0.15) is 37.7 Å². The quantitative estimate of drug-likeness (QED) is 0.794. The van der Waals surface area contributed by atoms with Crippen molar-refractivity contribution in [2.24, 2.45) is 5.16 Å². The second-order valence-corrected chi connectivity index (χ2v) is 6.70. The lowest BCUT2D eigenvalue weighted by molar-refractivity contribution is -0.0214. The summed E-state index contributed by atoms with van der Waals surface area (Å²) in [5, 5.41) is 4.63. The molecule has 4 rings (SSSR count). The predicted octanol–water partition coefficient (Wildman–Crippen LogP) is 4.65. The maximum absolute atomic E-state index is 14.4. The first-order valence-electron chi connectivity index (χ1n) is 8.10. The second-order valence-electron chi connectivity index (χ2n) is 6.26. The van der Waals surface area contributed by atoms with Gasteiger partial charge in [0.15, 0.2) is 5.60 Å². The van der Waals surface area contributed by atoms with Crippen LogP contribution in [-0.2, 0) is 4.84 Å². The Labute approximate surface area is 144 Å². The fourth-order valence-electron chi connectivity index (χ4n) is 3.48. The molecule has 0 saturated heterocycles. The van der Waals surface area contributed by atoms with E-state index in [1.54, 1.807) is 24.7 Å². The van der Waals surface area contributed by atoms with Gasteiger partial charge < -0.3 is 9.40 Å². The van der Waals surface area contributed by atoms with Crippen molar-refractivity contribution < 1.29 is 9.23 Å². The van der Waals surface area contributed by atoms with E-state index in [-0.39, 0.29) is 0 Å². The minimum Gasteiger partial charge on any atom is -0.384 e. The van der Waals surface area contributed by atoms with Crippen LogP contribution in [0.4, 0.5) is 4.39 Å². The fourth-order valence-corrected chi connectivity index (χ4v) is 3.64. The summed E-state index contributed by atoms with van der Waals surface area (Å²) >= 11 is 5.88. The summed E-state index contributed by atoms with van der Waals surface area (Å²) in [7, 11) is 0. The molecule has 1 aliphatic carbocycles. The van der Waals surface area contributed by atoms with E-state index in [0.717, 1.165) is 31.3 Å². The molecule has 0 atom stereocenters. The standard InChI is InChI=1S/C18H17ClFN3O/c19-13-4-5-14(16(20)10-13)17-15(11-23-9-8-21-12-23)18(24-22-17)6-2-1-3-7-18/h4-5,8-12H,1-3,6-7H2/b15-11-. The van der Waals surface area contributed by atoms with Crippen molar-refractivity contribution in [2.45, 2.75) is 37.7 Å². The Morgan fingerprint density at radius 2 is 2.08 bits per heavy atom. The van der Waals surface area contributed by atoms with Gasteiger partial charge in [-0.3, -0.25) is 0 Å². The Hall–Kier alpha value is -2.14. The summed E-state index contributed by atoms with van der Waals surface area (Å²) in [6, 6.07) is 4.63. The first-order valence-corrected chi connectivity index (χ1v) is 8.47. The molecule has 0 N–H and O–H groups in total. The molecular formula is C18H17ClFN3O. The summed E-state index contributed by atoms with van der Waals surface area (Å²) in [5.41, 5.74) is 1.39. The van der Waals surface area contributed by atoms with E-state index in [0.29, 0.717) is 16.3 Å². The molecule has 124 valence electrons. The molecule has 2 heterocycles. The van der Waals surface area contributed by atoms with Crippen LogP contribution in [-0.4, -0.2) is 20.9 Å². The minimum absolute atomic E-state index is 0.364. The van der Waals surface area contributed by atoms with E-state index in [1.807, 2.05) is 17.0 Å². The normalized spacial score (nSPS) is 21.1. The number of nitrogens with zero attached hydrogens (tertiary/aromatic N) is 3. The molecule has 0 radical (unpaired) electrons. The number of hydrogen-bond donors (Lipinski definition) is 0. The SMILES string of the molecule is Fc1cc(Cl)ccc1C1=NOC2(CCCCC2)/C1=C\n1ccnc1. The molecule has 1 aromatic heterocycles. The van der Waals surface area contributed by atoms with Crippen LogP contribution in [0.15, 0.2) is 47.6 Å². The van der Waals surface area contributed by atoms with E-state index >= 15 is 0 Å². The van der Waals surface area contributed by atoms with E-state index in [1.165, 1.54) is 12.5 Å². The average molecular weight is 346 g/mol. The number of oxime groups is 1. The maximum atomic E-state index is 14.4. The zero-order chi connectivity index (χ0) is 16.6. The van der Waals surface area contributed by atoms with Crippen LogP contribution in [0.5, 0.6) is 0 Å². The monoisotopic (exact) mass is 345 g/mol. The van der Waals surface area contributed by atoms with Crippen molar-refractivity contribution in [1.29, 1.82) is 0 Å². The zero-order valence-electron chi connectivity index (χ0n) is 13.1. The van der Waals surface area contributed by atoms with Gasteiger partial charge in [0.25, 0.3) is 0 Å². The van der Waals surface area contributed by atoms with Crippen LogP contribution >= 0.6 is 11.6 Å². The Bertz CT molecular complexity index is 808. The van der Waals surface area contributed by atoms with Crippen LogP contribution in [0, 0.1) is 5.82 Å². The summed E-state index contributed by atoms with van der Waals surface area (Å²) < 4.78 is 16.3. The summed E-state index contributed by atoms with van der Waals surface area (Å²) in [4.78, 5) is 9.95. The third-order valence-electron chi connectivity index (χ3n) is 4.71. The van der Waals surface area contributed by atoms with Gasteiger partial charge in [-0.1, -0.05) is 23.2 Å². The number of rotatable bonds is 2. The van der Waals surface area contributed by atoms with Crippen molar-refractivity contribution in [3.05, 3.63) is 58.9 Å². The first-order chi connectivity index (χ1) is 11.7. The average Bonchev–Trinajstić information content (AvgIpc) is 3.19. The Morgan fingerprint density at radius 1 is 1.25 bits per heavy atom. The number of benzene rings is 1. The van der Waals surface area contributed by atoms with Gasteiger partial charge in [-0.2, -0.15) is 0 Å². The highest BCUT2D eigenvalue weighted by molar-refractivity contribution is 6.30. The molecule has 6 heteroatoms. The molecule has 1 spiro atoms. The number of imidazole rings is 1. The Balaban J connectivity index is 1.81. The lowest BCUT2D eigenvalue weighted by atomic mass is 9.77. The molecular weight excluding hydrogens is 329 g/mol. The van der Waals surface area contributed by atoms with Gasteiger partial charge in [-0.25, -0.2) is 9.37 Å². The zero-order valence-corrected chi connectivity index (χ0v) is 13.8. The van der Waals surface area contributed by atoms with Gasteiger partial charge in [0.05, 0.1) is 6.33 Å². The molecule has 1 aliphatic heterocycles. The van der Waals surface area contributed by atoms with Crippen LogP contribution in [0.2, 0.25) is 5.02 Å². The summed E-state index contributed by atoms with van der Waals surface area (Å²) in [6.45, 7) is 0. The molecule has 2 aromatic rings. The molecule has 4 nitrogen and oxygen atoms in total. The van der Waals surface area contributed by atoms with Gasteiger partial charge >= 0.3 is 0 Å². The van der Waals surface area contributed by atoms with Crippen molar-refractivity contribution in [1.82, 2.24) is 9.55 Å². The molecule has 0 bridgehead atoms. The van der Waals surface area contributed by atoms with Gasteiger partial charge in [0.1, 0.15) is 11.5 Å². The lowest BCUT2D eigenvalue weighted by Crippen LogP contribution is -2.34. The van der Waals surface area contributed by atoms with Gasteiger partial charge in [0.2, 0.25) is 0 Å². The number of hydrogen-bond acceptors (Lipinski definition) is 3. The Morgan fingerprint density at radius 3 is 2.79 bits per heavy atom. The third kappa shape index (κ3) is 2.63. The third-order valence-corrected chi connectivity index (χ3v) is 4.94. The topological polar surface area (TPSA) is 39.4 Å². The fraction of sp³-hybridized carbons (Fsp3) is 0.333. The Kier molecular flexibility index (Phi) is 3.88.